The molecule has 8 nitrogen and oxygen atoms in total. The van der Waals surface area contributed by atoms with Crippen LogP contribution in [0.15, 0.2) is 47.4 Å². The van der Waals surface area contributed by atoms with Crippen molar-refractivity contribution in [3.8, 4) is 0 Å². The quantitative estimate of drug-likeness (QED) is 0.704. The lowest BCUT2D eigenvalue weighted by atomic mass is 10.1. The Morgan fingerprint density at radius 1 is 1.07 bits per heavy atom. The van der Waals surface area contributed by atoms with Gasteiger partial charge in [-0.3, -0.25) is 9.10 Å². The minimum Gasteiger partial charge on any atom is -0.322 e. The molecule has 2 aromatic rings. The fourth-order valence-electron chi connectivity index (χ4n) is 2.41. The predicted octanol–water partition coefficient (Wildman–Crippen LogP) is 1.94. The maximum Gasteiger partial charge on any atom is 0.255 e. The van der Waals surface area contributed by atoms with Crippen molar-refractivity contribution in [1.29, 1.82) is 0 Å². The average Bonchev–Trinajstić information content (AvgIpc) is 2.68. The summed E-state index contributed by atoms with van der Waals surface area (Å²) in [4.78, 5) is 12.7. The summed E-state index contributed by atoms with van der Waals surface area (Å²) in [6.07, 6.45) is 0. The summed E-state index contributed by atoms with van der Waals surface area (Å²) in [5.74, 6) is -0.544. The van der Waals surface area contributed by atoms with Gasteiger partial charge in [-0.05, 0) is 56.8 Å². The third-order valence-electron chi connectivity index (χ3n) is 4.29. The number of rotatable bonds is 7. The highest BCUT2D eigenvalue weighted by Gasteiger charge is 2.18. The molecule has 10 heteroatoms. The molecule has 152 valence electrons. The van der Waals surface area contributed by atoms with E-state index in [1.54, 1.807) is 31.2 Å². The van der Waals surface area contributed by atoms with Crippen LogP contribution < -0.4 is 14.3 Å². The van der Waals surface area contributed by atoms with Gasteiger partial charge in [0, 0.05) is 18.3 Å². The Labute approximate surface area is 165 Å². The van der Waals surface area contributed by atoms with E-state index in [9.17, 15) is 21.6 Å². The van der Waals surface area contributed by atoms with Crippen LogP contribution in [0.3, 0.4) is 0 Å². The van der Waals surface area contributed by atoms with Crippen molar-refractivity contribution < 1.29 is 21.6 Å². The van der Waals surface area contributed by atoms with Gasteiger partial charge in [0.1, 0.15) is 0 Å². The number of sulfonamides is 2. The topological polar surface area (TPSA) is 113 Å². The number of nitrogens with one attached hydrogen (secondary N) is 2. The minimum atomic E-state index is -3.65. The summed E-state index contributed by atoms with van der Waals surface area (Å²) in [6.45, 7) is 3.28. The van der Waals surface area contributed by atoms with Crippen LogP contribution in [0.2, 0.25) is 0 Å². The van der Waals surface area contributed by atoms with Crippen LogP contribution in [-0.4, -0.2) is 42.6 Å². The zero-order valence-corrected chi connectivity index (χ0v) is 17.7. The third kappa shape index (κ3) is 4.70. The number of hydrogen-bond donors (Lipinski definition) is 2. The van der Waals surface area contributed by atoms with Crippen LogP contribution in [0.1, 0.15) is 22.8 Å². The summed E-state index contributed by atoms with van der Waals surface area (Å²) in [7, 11) is -4.38. The van der Waals surface area contributed by atoms with Gasteiger partial charge in [-0.25, -0.2) is 21.6 Å². The summed E-state index contributed by atoms with van der Waals surface area (Å²) in [5.41, 5.74) is 1.64. The highest BCUT2D eigenvalue weighted by atomic mass is 32.2. The van der Waals surface area contributed by atoms with Crippen LogP contribution in [0.4, 0.5) is 11.4 Å². The Morgan fingerprint density at radius 2 is 1.75 bits per heavy atom. The number of anilines is 2. The molecule has 0 saturated carbocycles. The summed E-state index contributed by atoms with van der Waals surface area (Å²) in [6, 6.07) is 10.6. The lowest BCUT2D eigenvalue weighted by Gasteiger charge is -2.19. The van der Waals surface area contributed by atoms with E-state index in [0.29, 0.717) is 16.9 Å². The van der Waals surface area contributed by atoms with Crippen LogP contribution in [0.5, 0.6) is 0 Å². The average molecular weight is 426 g/mol. The molecule has 1 amide bonds. The highest BCUT2D eigenvalue weighted by molar-refractivity contribution is 7.92. The molecule has 0 unspecified atom stereocenters. The van der Waals surface area contributed by atoms with Crippen LogP contribution >= 0.6 is 0 Å². The lowest BCUT2D eigenvalue weighted by Crippen LogP contribution is -2.28. The fourth-order valence-corrected chi connectivity index (χ4v) is 3.99. The molecule has 0 aromatic heterocycles. The molecule has 0 atom stereocenters. The van der Waals surface area contributed by atoms with Crippen molar-refractivity contribution in [3.05, 3.63) is 53.6 Å². The van der Waals surface area contributed by atoms with Gasteiger partial charge in [-0.2, -0.15) is 0 Å². The van der Waals surface area contributed by atoms with Crippen molar-refractivity contribution in [3.63, 3.8) is 0 Å². The first-order chi connectivity index (χ1) is 13.0. The normalized spacial score (nSPS) is 11.9. The molecule has 0 aliphatic carbocycles. The molecule has 0 saturated heterocycles. The molecule has 0 bridgehead atoms. The lowest BCUT2D eigenvalue weighted by molar-refractivity contribution is 0.102. The largest absolute Gasteiger partial charge is 0.322 e. The van der Waals surface area contributed by atoms with E-state index in [0.717, 1.165) is 4.31 Å². The number of nitrogens with zero attached hydrogens (tertiary/aromatic N) is 1. The molecule has 0 radical (unpaired) electrons. The summed E-state index contributed by atoms with van der Waals surface area (Å²) < 4.78 is 51.4. The van der Waals surface area contributed by atoms with E-state index in [1.165, 1.54) is 39.2 Å². The molecule has 0 fully saturated rings. The zero-order valence-electron chi connectivity index (χ0n) is 16.1. The van der Waals surface area contributed by atoms with E-state index >= 15 is 0 Å². The number of carbonyl (C=O) groups excluding carboxylic acids is 1. The van der Waals surface area contributed by atoms with Gasteiger partial charge in [0.15, 0.2) is 0 Å². The number of hydrogen-bond acceptors (Lipinski definition) is 5. The Hall–Kier alpha value is -2.43. The zero-order chi connectivity index (χ0) is 21.1. The minimum absolute atomic E-state index is 0.0263. The fraction of sp³-hybridized carbons (Fsp3) is 0.278. The molecule has 0 aliphatic heterocycles. The Morgan fingerprint density at radius 3 is 2.36 bits per heavy atom. The molecule has 0 heterocycles. The molecule has 0 spiro atoms. The smallest absolute Gasteiger partial charge is 0.255 e. The number of amides is 1. The van der Waals surface area contributed by atoms with Crippen LogP contribution in [0, 0.1) is 6.92 Å². The predicted molar refractivity (Wildman–Crippen MR) is 110 cm³/mol. The maximum atomic E-state index is 12.6. The van der Waals surface area contributed by atoms with Gasteiger partial charge >= 0.3 is 0 Å². The summed E-state index contributed by atoms with van der Waals surface area (Å²) >= 11 is 0. The standard InChI is InChI=1S/C18H23N3O5S2/c1-5-27(23,24)21(4)15-8-6-7-14(11-15)18(22)20-17-12-16(10-9-13(17)2)28(25,26)19-3/h6-12,19H,5H2,1-4H3,(H,20,22). The second-order valence-corrected chi connectivity index (χ2v) is 10.2. The van der Waals surface area contributed by atoms with Gasteiger partial charge in [-0.1, -0.05) is 12.1 Å². The van der Waals surface area contributed by atoms with E-state index in [4.69, 9.17) is 0 Å². The molecule has 2 N–H and O–H groups in total. The second kappa shape index (κ2) is 8.29. The monoisotopic (exact) mass is 425 g/mol. The van der Waals surface area contributed by atoms with Crippen LogP contribution in [-0.2, 0) is 20.0 Å². The summed E-state index contributed by atoms with van der Waals surface area (Å²) in [5, 5.41) is 2.68. The SMILES string of the molecule is CCS(=O)(=O)N(C)c1cccc(C(=O)Nc2cc(S(=O)(=O)NC)ccc2C)c1. The number of benzene rings is 2. The number of aryl methyl sites for hydroxylation is 1. The Balaban J connectivity index is 2.34. The molecular formula is C18H23N3O5S2. The van der Waals surface area contributed by atoms with Gasteiger partial charge < -0.3 is 5.32 Å². The van der Waals surface area contributed by atoms with Crippen molar-refractivity contribution >= 4 is 37.3 Å². The van der Waals surface area contributed by atoms with Crippen molar-refractivity contribution in [2.24, 2.45) is 0 Å². The van der Waals surface area contributed by atoms with Gasteiger partial charge in [0.25, 0.3) is 5.91 Å². The van der Waals surface area contributed by atoms with Crippen LogP contribution in [0.25, 0.3) is 0 Å². The van der Waals surface area contributed by atoms with Crippen molar-refractivity contribution in [1.82, 2.24) is 4.72 Å². The third-order valence-corrected chi connectivity index (χ3v) is 7.48. The first-order valence-electron chi connectivity index (χ1n) is 8.44. The van der Waals surface area contributed by atoms with E-state index < -0.39 is 26.0 Å². The van der Waals surface area contributed by atoms with E-state index in [-0.39, 0.29) is 16.2 Å². The molecule has 2 aromatic carbocycles. The van der Waals surface area contributed by atoms with Gasteiger partial charge in [-0.15, -0.1) is 0 Å². The molecule has 2 rings (SSSR count). The van der Waals surface area contributed by atoms with E-state index in [2.05, 4.69) is 10.0 Å². The number of carbonyl (C=O) groups is 1. The maximum absolute atomic E-state index is 12.6. The van der Waals surface area contributed by atoms with Crippen molar-refractivity contribution in [2.75, 3.05) is 29.5 Å². The molecule has 28 heavy (non-hydrogen) atoms. The highest BCUT2D eigenvalue weighted by Crippen LogP contribution is 2.22. The van der Waals surface area contributed by atoms with Gasteiger partial charge in [0.05, 0.1) is 16.3 Å². The first kappa shape index (κ1) is 21.9. The Bertz CT molecular complexity index is 1100. The van der Waals surface area contributed by atoms with E-state index in [1.807, 2.05) is 0 Å². The Kier molecular flexibility index (Phi) is 6.48. The second-order valence-electron chi connectivity index (χ2n) is 6.06. The first-order valence-corrected chi connectivity index (χ1v) is 11.5. The molecule has 0 aliphatic rings. The molecular weight excluding hydrogens is 402 g/mol. The van der Waals surface area contributed by atoms with Gasteiger partial charge in [0.2, 0.25) is 20.0 Å². The van der Waals surface area contributed by atoms with Crippen molar-refractivity contribution in [2.45, 2.75) is 18.7 Å².